The molecule has 0 spiro atoms. The molecule has 0 fully saturated rings. The summed E-state index contributed by atoms with van der Waals surface area (Å²) in [5.41, 5.74) is 1.38. The Kier molecular flexibility index (Phi) is 7.42. The Morgan fingerprint density at radius 2 is 1.82 bits per heavy atom. The molecule has 174 valence electrons. The first-order valence-corrected chi connectivity index (χ1v) is 12.3. The van der Waals surface area contributed by atoms with Gasteiger partial charge in [-0.05, 0) is 25.0 Å². The number of sulfonamides is 1. The predicted octanol–water partition coefficient (Wildman–Crippen LogP) is 4.02. The zero-order valence-electron chi connectivity index (χ0n) is 17.8. The lowest BCUT2D eigenvalue weighted by molar-refractivity contribution is -0.384. The molecule has 3 rings (SSSR count). The lowest BCUT2D eigenvalue weighted by Crippen LogP contribution is -2.47. The number of halogens is 1. The second kappa shape index (κ2) is 9.91. The van der Waals surface area contributed by atoms with Gasteiger partial charge in [0, 0.05) is 11.6 Å². The third-order valence-corrected chi connectivity index (χ3v) is 7.26. The highest BCUT2D eigenvalue weighted by atomic mass is 35.5. The van der Waals surface area contributed by atoms with Crippen LogP contribution in [0.4, 0.5) is 10.8 Å². The summed E-state index contributed by atoms with van der Waals surface area (Å²) in [5, 5.41) is 22.3. The molecule has 0 aliphatic heterocycles. The molecule has 1 heterocycles. The Morgan fingerprint density at radius 3 is 2.42 bits per heavy atom. The molecule has 1 amide bonds. The van der Waals surface area contributed by atoms with Crippen LogP contribution in [0.1, 0.15) is 19.4 Å². The number of hydrogen-bond acceptors (Lipinski definition) is 8. The van der Waals surface area contributed by atoms with Gasteiger partial charge in [-0.1, -0.05) is 66.6 Å². The monoisotopic (exact) mass is 509 g/mol. The fourth-order valence-electron chi connectivity index (χ4n) is 2.80. The molecular weight excluding hydrogens is 490 g/mol. The Morgan fingerprint density at radius 1 is 1.15 bits per heavy atom. The lowest BCUT2D eigenvalue weighted by atomic mass is 10.1. The van der Waals surface area contributed by atoms with Gasteiger partial charge in [0.1, 0.15) is 16.1 Å². The molecule has 0 aliphatic rings. The minimum Gasteiger partial charge on any atom is -0.299 e. The molecule has 0 aliphatic carbocycles. The highest BCUT2D eigenvalue weighted by Crippen LogP contribution is 2.28. The molecule has 0 bridgehead atoms. The van der Waals surface area contributed by atoms with Gasteiger partial charge in [0.15, 0.2) is 0 Å². The van der Waals surface area contributed by atoms with E-state index in [2.05, 4.69) is 20.2 Å². The number of anilines is 1. The summed E-state index contributed by atoms with van der Waals surface area (Å²) in [6.45, 7) is 5.29. The quantitative estimate of drug-likeness (QED) is 0.344. The number of aromatic nitrogens is 2. The van der Waals surface area contributed by atoms with Gasteiger partial charge in [-0.25, -0.2) is 8.42 Å². The van der Waals surface area contributed by atoms with E-state index in [0.29, 0.717) is 5.01 Å². The van der Waals surface area contributed by atoms with E-state index in [0.717, 1.165) is 40.7 Å². The molecule has 1 atom stereocenters. The molecule has 0 saturated carbocycles. The van der Waals surface area contributed by atoms with Crippen LogP contribution in [-0.2, 0) is 14.8 Å². The first-order chi connectivity index (χ1) is 15.5. The van der Waals surface area contributed by atoms with E-state index in [-0.39, 0.29) is 15.0 Å². The van der Waals surface area contributed by atoms with Crippen molar-refractivity contribution in [3.8, 4) is 10.6 Å². The van der Waals surface area contributed by atoms with Gasteiger partial charge in [0.05, 0.1) is 9.82 Å². The van der Waals surface area contributed by atoms with Gasteiger partial charge in [0.2, 0.25) is 21.1 Å². The van der Waals surface area contributed by atoms with E-state index in [1.165, 1.54) is 0 Å². The number of nitro groups is 1. The second-order valence-corrected chi connectivity index (χ2v) is 10.6. The van der Waals surface area contributed by atoms with E-state index in [1.807, 2.05) is 31.2 Å². The summed E-state index contributed by atoms with van der Waals surface area (Å²) < 4.78 is 28.0. The van der Waals surface area contributed by atoms with Crippen LogP contribution < -0.4 is 10.0 Å². The van der Waals surface area contributed by atoms with Gasteiger partial charge in [-0.3, -0.25) is 20.2 Å². The summed E-state index contributed by atoms with van der Waals surface area (Å²) in [5.74, 6) is -1.07. The van der Waals surface area contributed by atoms with Gasteiger partial charge < -0.3 is 0 Å². The molecule has 2 N–H and O–H groups in total. The maximum atomic E-state index is 12.9. The molecule has 13 heteroatoms. The summed E-state index contributed by atoms with van der Waals surface area (Å²) in [6, 6.07) is 9.56. The van der Waals surface area contributed by atoms with Crippen molar-refractivity contribution in [1.82, 2.24) is 14.9 Å². The van der Waals surface area contributed by atoms with Crippen molar-refractivity contribution < 1.29 is 18.1 Å². The van der Waals surface area contributed by atoms with Gasteiger partial charge >= 0.3 is 0 Å². The fraction of sp³-hybridized carbons (Fsp3) is 0.250. The summed E-state index contributed by atoms with van der Waals surface area (Å²) in [7, 11) is -4.26. The Hall–Kier alpha value is -2.93. The van der Waals surface area contributed by atoms with Gasteiger partial charge in [-0.15, -0.1) is 10.2 Å². The first kappa shape index (κ1) is 24.7. The number of carbonyl (C=O) groups excluding carboxylic acids is 1. The van der Waals surface area contributed by atoms with E-state index in [4.69, 9.17) is 11.6 Å². The SMILES string of the molecule is Cc1ccc(-c2nnc(NC(=O)C(NS(=O)(=O)c3ccc(Cl)c([N+](=O)[O-])c3)C(C)C)s2)cc1. The fourth-order valence-corrected chi connectivity index (χ4v) is 5.10. The molecule has 33 heavy (non-hydrogen) atoms. The van der Waals surface area contributed by atoms with Crippen molar-refractivity contribution in [2.75, 3.05) is 5.32 Å². The predicted molar refractivity (Wildman–Crippen MR) is 126 cm³/mol. The number of hydrogen-bond donors (Lipinski definition) is 2. The van der Waals surface area contributed by atoms with Crippen LogP contribution in [0.25, 0.3) is 10.6 Å². The lowest BCUT2D eigenvalue weighted by Gasteiger charge is -2.21. The molecule has 0 saturated heterocycles. The average molecular weight is 510 g/mol. The number of nitro benzene ring substituents is 1. The molecule has 10 nitrogen and oxygen atoms in total. The second-order valence-electron chi connectivity index (χ2n) is 7.48. The van der Waals surface area contributed by atoms with Crippen LogP contribution in [0.15, 0.2) is 47.4 Å². The first-order valence-electron chi connectivity index (χ1n) is 9.65. The third-order valence-electron chi connectivity index (χ3n) is 4.61. The van der Waals surface area contributed by atoms with Crippen molar-refractivity contribution in [2.24, 2.45) is 5.92 Å². The standard InChI is InChI=1S/C20H20ClN5O5S2/c1-11(2)17(25-33(30,31)14-8-9-15(21)16(10-14)26(28)29)18(27)22-20-24-23-19(32-20)13-6-4-12(3)5-7-13/h4-11,17,25H,1-3H3,(H,22,24,27). The average Bonchev–Trinajstić information content (AvgIpc) is 3.20. The molecule has 1 aromatic heterocycles. The van der Waals surface area contributed by atoms with Crippen molar-refractivity contribution in [2.45, 2.75) is 31.7 Å². The Labute approximate surface area is 199 Å². The van der Waals surface area contributed by atoms with Crippen LogP contribution in [0, 0.1) is 23.0 Å². The zero-order chi connectivity index (χ0) is 24.3. The highest BCUT2D eigenvalue weighted by molar-refractivity contribution is 7.89. The maximum absolute atomic E-state index is 12.9. The number of aryl methyl sites for hydroxylation is 1. The minimum atomic E-state index is -4.26. The van der Waals surface area contributed by atoms with E-state index < -0.39 is 38.5 Å². The van der Waals surface area contributed by atoms with Gasteiger partial charge in [0.25, 0.3) is 5.69 Å². The van der Waals surface area contributed by atoms with Crippen LogP contribution >= 0.6 is 22.9 Å². The molecule has 1 unspecified atom stereocenters. The summed E-state index contributed by atoms with van der Waals surface area (Å²) in [4.78, 5) is 22.8. The smallest absolute Gasteiger partial charge is 0.289 e. The normalized spacial score (nSPS) is 12.5. The molecule has 0 radical (unpaired) electrons. The molecule has 2 aromatic carbocycles. The molecule has 3 aromatic rings. The molecular formula is C20H20ClN5O5S2. The number of carbonyl (C=O) groups is 1. The highest BCUT2D eigenvalue weighted by Gasteiger charge is 2.30. The van der Waals surface area contributed by atoms with Crippen LogP contribution in [-0.4, -0.2) is 35.5 Å². The van der Waals surface area contributed by atoms with Crippen LogP contribution in [0.2, 0.25) is 5.02 Å². The van der Waals surface area contributed by atoms with Crippen LogP contribution in [0.5, 0.6) is 0 Å². The van der Waals surface area contributed by atoms with E-state index >= 15 is 0 Å². The van der Waals surface area contributed by atoms with E-state index in [9.17, 15) is 23.3 Å². The van der Waals surface area contributed by atoms with Crippen LogP contribution in [0.3, 0.4) is 0 Å². The Bertz CT molecular complexity index is 1290. The minimum absolute atomic E-state index is 0.197. The van der Waals surface area contributed by atoms with Crippen molar-refractivity contribution in [3.05, 3.63) is 63.2 Å². The number of nitrogens with one attached hydrogen (secondary N) is 2. The summed E-state index contributed by atoms with van der Waals surface area (Å²) in [6.07, 6.45) is 0. The van der Waals surface area contributed by atoms with E-state index in [1.54, 1.807) is 13.8 Å². The largest absolute Gasteiger partial charge is 0.299 e. The maximum Gasteiger partial charge on any atom is 0.289 e. The topological polar surface area (TPSA) is 144 Å². The number of amides is 1. The van der Waals surface area contributed by atoms with Crippen molar-refractivity contribution >= 4 is 49.7 Å². The number of rotatable bonds is 8. The summed E-state index contributed by atoms with van der Waals surface area (Å²) >= 11 is 6.91. The Balaban J connectivity index is 1.79. The van der Waals surface area contributed by atoms with Gasteiger partial charge in [-0.2, -0.15) is 4.72 Å². The third kappa shape index (κ3) is 5.90. The van der Waals surface area contributed by atoms with Crippen molar-refractivity contribution in [3.63, 3.8) is 0 Å². The number of benzene rings is 2. The van der Waals surface area contributed by atoms with Crippen molar-refractivity contribution in [1.29, 1.82) is 0 Å². The zero-order valence-corrected chi connectivity index (χ0v) is 20.2. The number of nitrogens with zero attached hydrogens (tertiary/aromatic N) is 3.